The van der Waals surface area contributed by atoms with Crippen LogP contribution in [-0.2, 0) is 0 Å². The van der Waals surface area contributed by atoms with Gasteiger partial charge < -0.3 is 14.6 Å². The highest BCUT2D eigenvalue weighted by Crippen LogP contribution is 2.31. The number of carbonyl (C=O) groups is 1. The van der Waals surface area contributed by atoms with Gasteiger partial charge in [-0.2, -0.15) is 4.98 Å². The highest BCUT2D eigenvalue weighted by molar-refractivity contribution is 6.00. The van der Waals surface area contributed by atoms with E-state index in [1.54, 1.807) is 11.0 Å². The standard InChI is InChI=1S/C25H22F3N5O2/c1-14-4-2-11-33(19(14)13-31-25-32-18-8-5-15(26)12-20(18)35-25)24(34)22-17(28)7-6-16(27)21(22)23-29-9-3-10-30-23/h3,5-10,12,14,19H,2,4,11,13H2,1H3,(H,31,32). The summed E-state index contributed by atoms with van der Waals surface area (Å²) in [5.74, 6) is -2.69. The lowest BCUT2D eigenvalue weighted by atomic mass is 9.89. The third-order valence-corrected chi connectivity index (χ3v) is 6.30. The van der Waals surface area contributed by atoms with Crippen LogP contribution in [0.2, 0.25) is 0 Å². The van der Waals surface area contributed by atoms with Gasteiger partial charge in [0, 0.05) is 31.5 Å². The van der Waals surface area contributed by atoms with Crippen LogP contribution >= 0.6 is 0 Å². The van der Waals surface area contributed by atoms with Crippen molar-refractivity contribution in [2.75, 3.05) is 18.4 Å². The van der Waals surface area contributed by atoms with E-state index in [0.717, 1.165) is 25.0 Å². The fourth-order valence-corrected chi connectivity index (χ4v) is 4.53. The molecule has 10 heteroatoms. The lowest BCUT2D eigenvalue weighted by Gasteiger charge is -2.40. The first kappa shape index (κ1) is 22.8. The van der Waals surface area contributed by atoms with E-state index in [1.165, 1.54) is 30.6 Å². The Kier molecular flexibility index (Phi) is 6.10. The maximum absolute atomic E-state index is 15.0. The van der Waals surface area contributed by atoms with Crippen LogP contribution in [0.1, 0.15) is 30.1 Å². The molecule has 4 aromatic rings. The zero-order valence-electron chi connectivity index (χ0n) is 18.8. The number of fused-ring (bicyclic) bond motifs is 1. The topological polar surface area (TPSA) is 84.2 Å². The van der Waals surface area contributed by atoms with Crippen molar-refractivity contribution >= 4 is 23.0 Å². The van der Waals surface area contributed by atoms with Gasteiger partial charge in [-0.05, 0) is 49.1 Å². The van der Waals surface area contributed by atoms with E-state index in [-0.39, 0.29) is 35.9 Å². The summed E-state index contributed by atoms with van der Waals surface area (Å²) in [4.78, 5) is 27.6. The number of hydrogen-bond acceptors (Lipinski definition) is 6. The minimum Gasteiger partial charge on any atom is -0.423 e. The molecule has 3 heterocycles. The summed E-state index contributed by atoms with van der Waals surface area (Å²) in [6.45, 7) is 2.63. The molecule has 0 aliphatic carbocycles. The van der Waals surface area contributed by atoms with Gasteiger partial charge >= 0.3 is 0 Å². The SMILES string of the molecule is CC1CCCN(C(=O)c2c(F)ccc(F)c2-c2ncccn2)C1CNc1nc2ccc(F)cc2o1. The van der Waals surface area contributed by atoms with Crippen LogP contribution in [-0.4, -0.2) is 44.9 Å². The zero-order valence-corrected chi connectivity index (χ0v) is 18.8. The van der Waals surface area contributed by atoms with Crippen molar-refractivity contribution < 1.29 is 22.4 Å². The maximum Gasteiger partial charge on any atom is 0.295 e. The summed E-state index contributed by atoms with van der Waals surface area (Å²) in [6.07, 6.45) is 4.39. The molecule has 5 rings (SSSR count). The molecule has 1 aliphatic heterocycles. The molecule has 2 aromatic heterocycles. The molecule has 7 nitrogen and oxygen atoms in total. The quantitative estimate of drug-likeness (QED) is 0.429. The molecule has 1 fully saturated rings. The Hall–Kier alpha value is -3.95. The lowest BCUT2D eigenvalue weighted by Crippen LogP contribution is -2.51. The van der Waals surface area contributed by atoms with Gasteiger partial charge in [0.15, 0.2) is 11.4 Å². The summed E-state index contributed by atoms with van der Waals surface area (Å²) in [5.41, 5.74) is 0.133. The summed E-state index contributed by atoms with van der Waals surface area (Å²) >= 11 is 0. The van der Waals surface area contributed by atoms with E-state index in [0.29, 0.717) is 17.6 Å². The van der Waals surface area contributed by atoms with Gasteiger partial charge in [0.25, 0.3) is 11.9 Å². The molecule has 2 aromatic carbocycles. The normalized spacial score (nSPS) is 18.1. The maximum atomic E-state index is 15.0. The summed E-state index contributed by atoms with van der Waals surface area (Å²) in [7, 11) is 0. The molecule has 0 saturated carbocycles. The monoisotopic (exact) mass is 481 g/mol. The number of aromatic nitrogens is 3. The van der Waals surface area contributed by atoms with Gasteiger partial charge in [0.1, 0.15) is 23.0 Å². The molecule has 1 saturated heterocycles. The van der Waals surface area contributed by atoms with E-state index in [4.69, 9.17) is 4.42 Å². The average molecular weight is 481 g/mol. The summed E-state index contributed by atoms with van der Waals surface area (Å²) in [5, 5.41) is 3.08. The first-order chi connectivity index (χ1) is 16.9. The Morgan fingerprint density at radius 3 is 2.71 bits per heavy atom. The Morgan fingerprint density at radius 1 is 1.14 bits per heavy atom. The fourth-order valence-electron chi connectivity index (χ4n) is 4.53. The molecule has 0 bridgehead atoms. The number of hydrogen-bond donors (Lipinski definition) is 1. The van der Waals surface area contributed by atoms with E-state index in [1.807, 2.05) is 6.92 Å². The number of benzene rings is 2. The van der Waals surface area contributed by atoms with E-state index >= 15 is 4.39 Å². The largest absolute Gasteiger partial charge is 0.423 e. The number of anilines is 1. The van der Waals surface area contributed by atoms with E-state index in [2.05, 4.69) is 20.3 Å². The molecule has 35 heavy (non-hydrogen) atoms. The molecular formula is C25H22F3N5O2. The van der Waals surface area contributed by atoms with Crippen molar-refractivity contribution in [1.29, 1.82) is 0 Å². The molecule has 0 spiro atoms. The minimum atomic E-state index is -0.843. The fraction of sp³-hybridized carbons (Fsp3) is 0.280. The highest BCUT2D eigenvalue weighted by atomic mass is 19.1. The van der Waals surface area contributed by atoms with Crippen LogP contribution in [0.3, 0.4) is 0 Å². The second kappa shape index (κ2) is 9.36. The second-order valence-electron chi connectivity index (χ2n) is 8.55. The van der Waals surface area contributed by atoms with Crippen LogP contribution in [0.15, 0.2) is 53.2 Å². The number of carbonyl (C=O) groups excluding carboxylic acids is 1. The summed E-state index contributed by atoms with van der Waals surface area (Å²) < 4.78 is 48.9. The van der Waals surface area contributed by atoms with Gasteiger partial charge in [0.05, 0.1) is 17.2 Å². The second-order valence-corrected chi connectivity index (χ2v) is 8.55. The third-order valence-electron chi connectivity index (χ3n) is 6.30. The van der Waals surface area contributed by atoms with Gasteiger partial charge in [-0.15, -0.1) is 0 Å². The Balaban J connectivity index is 1.45. The number of likely N-dealkylation sites (tertiary alicyclic amines) is 1. The van der Waals surface area contributed by atoms with Crippen molar-refractivity contribution in [2.45, 2.75) is 25.8 Å². The van der Waals surface area contributed by atoms with Crippen molar-refractivity contribution in [2.24, 2.45) is 5.92 Å². The Labute approximate surface area is 199 Å². The van der Waals surface area contributed by atoms with Gasteiger partial charge in [0.2, 0.25) is 0 Å². The average Bonchev–Trinajstić information content (AvgIpc) is 3.26. The number of amides is 1. The highest BCUT2D eigenvalue weighted by Gasteiger charge is 2.35. The summed E-state index contributed by atoms with van der Waals surface area (Å²) in [6, 6.07) is 7.33. The molecular weight excluding hydrogens is 459 g/mol. The smallest absolute Gasteiger partial charge is 0.295 e. The van der Waals surface area contributed by atoms with Crippen molar-refractivity contribution in [3.63, 3.8) is 0 Å². The third kappa shape index (κ3) is 4.43. The van der Waals surface area contributed by atoms with Crippen LogP contribution in [0.5, 0.6) is 0 Å². The predicted octanol–water partition coefficient (Wildman–Crippen LogP) is 5.05. The number of halogens is 3. The number of nitrogens with one attached hydrogen (secondary N) is 1. The lowest BCUT2D eigenvalue weighted by molar-refractivity contribution is 0.0535. The molecule has 2 atom stereocenters. The first-order valence-corrected chi connectivity index (χ1v) is 11.3. The predicted molar refractivity (Wildman–Crippen MR) is 123 cm³/mol. The Bertz CT molecular complexity index is 1380. The zero-order chi connectivity index (χ0) is 24.5. The molecule has 0 radical (unpaired) electrons. The Morgan fingerprint density at radius 2 is 1.91 bits per heavy atom. The molecule has 1 amide bonds. The van der Waals surface area contributed by atoms with E-state index < -0.39 is 28.9 Å². The van der Waals surface area contributed by atoms with Crippen molar-refractivity contribution in [3.8, 4) is 11.4 Å². The van der Waals surface area contributed by atoms with Crippen LogP contribution in [0.25, 0.3) is 22.5 Å². The first-order valence-electron chi connectivity index (χ1n) is 11.3. The van der Waals surface area contributed by atoms with E-state index in [9.17, 15) is 13.6 Å². The number of piperidine rings is 1. The number of rotatable bonds is 5. The molecule has 1 N–H and O–H groups in total. The van der Waals surface area contributed by atoms with Gasteiger partial charge in [-0.3, -0.25) is 4.79 Å². The molecule has 1 aliphatic rings. The minimum absolute atomic E-state index is 0.0636. The number of nitrogens with zero attached hydrogens (tertiary/aromatic N) is 4. The van der Waals surface area contributed by atoms with Crippen LogP contribution < -0.4 is 5.32 Å². The van der Waals surface area contributed by atoms with Crippen molar-refractivity contribution in [1.82, 2.24) is 19.9 Å². The molecule has 2 unspecified atom stereocenters. The van der Waals surface area contributed by atoms with Gasteiger partial charge in [-0.1, -0.05) is 6.92 Å². The van der Waals surface area contributed by atoms with Crippen molar-refractivity contribution in [3.05, 3.63) is 71.8 Å². The van der Waals surface area contributed by atoms with Crippen LogP contribution in [0.4, 0.5) is 19.2 Å². The van der Waals surface area contributed by atoms with Crippen LogP contribution in [0, 0.1) is 23.4 Å². The number of oxazole rings is 1. The van der Waals surface area contributed by atoms with Gasteiger partial charge in [-0.25, -0.2) is 23.1 Å². The molecule has 180 valence electrons.